The van der Waals surface area contributed by atoms with Gasteiger partial charge >= 0.3 is 0 Å². The van der Waals surface area contributed by atoms with Gasteiger partial charge in [-0.25, -0.2) is 4.98 Å². The minimum Gasteiger partial charge on any atom is -0.335 e. The fourth-order valence-corrected chi connectivity index (χ4v) is 3.87. The van der Waals surface area contributed by atoms with E-state index in [-0.39, 0.29) is 5.91 Å². The molecule has 1 unspecified atom stereocenters. The highest BCUT2D eigenvalue weighted by Crippen LogP contribution is 2.21. The van der Waals surface area contributed by atoms with E-state index in [9.17, 15) is 4.79 Å². The summed E-state index contributed by atoms with van der Waals surface area (Å²) in [7, 11) is 0. The van der Waals surface area contributed by atoms with Crippen LogP contribution in [0.25, 0.3) is 0 Å². The maximum absolute atomic E-state index is 12.4. The Bertz CT molecular complexity index is 484. The first-order chi connectivity index (χ1) is 10.2. The number of likely N-dealkylation sites (tertiary alicyclic amines) is 1. The van der Waals surface area contributed by atoms with Gasteiger partial charge in [0.15, 0.2) is 0 Å². The van der Waals surface area contributed by atoms with Gasteiger partial charge in [0.05, 0.1) is 6.54 Å². The molecule has 1 amide bonds. The summed E-state index contributed by atoms with van der Waals surface area (Å²) in [4.78, 5) is 21.4. The zero-order valence-corrected chi connectivity index (χ0v) is 13.5. The fourth-order valence-electron chi connectivity index (χ4n) is 3.08. The molecule has 2 saturated heterocycles. The zero-order valence-electron chi connectivity index (χ0n) is 12.7. The normalized spacial score (nSPS) is 24.2. The average molecular weight is 308 g/mol. The Morgan fingerprint density at radius 1 is 1.38 bits per heavy atom. The third-order valence-corrected chi connectivity index (χ3v) is 5.29. The number of aromatic nitrogens is 1. The van der Waals surface area contributed by atoms with E-state index >= 15 is 0 Å². The van der Waals surface area contributed by atoms with E-state index in [1.807, 2.05) is 10.3 Å². The second-order valence-corrected chi connectivity index (χ2v) is 6.93. The molecule has 0 spiro atoms. The van der Waals surface area contributed by atoms with Crippen molar-refractivity contribution in [2.75, 3.05) is 32.7 Å². The maximum atomic E-state index is 12.4. The van der Waals surface area contributed by atoms with Crippen molar-refractivity contribution in [3.8, 4) is 0 Å². The lowest BCUT2D eigenvalue weighted by Crippen LogP contribution is -2.46. The molecule has 0 aliphatic carbocycles. The van der Waals surface area contributed by atoms with Crippen molar-refractivity contribution < 1.29 is 4.79 Å². The standard InChI is InChI=1S/C15H24N4OS/c1-12-4-2-3-7-19(12)10-14-17-13(11-21-14)15(20)18-8-5-16-6-9-18/h11-12,16H,2-10H2,1H3. The molecule has 2 fully saturated rings. The van der Waals surface area contributed by atoms with Crippen LogP contribution in [0.4, 0.5) is 0 Å². The van der Waals surface area contributed by atoms with Crippen molar-refractivity contribution in [1.29, 1.82) is 0 Å². The Kier molecular flexibility index (Phi) is 4.87. The Hall–Kier alpha value is -0.980. The number of carbonyl (C=O) groups excluding carboxylic acids is 1. The third-order valence-electron chi connectivity index (χ3n) is 4.45. The maximum Gasteiger partial charge on any atom is 0.273 e. The molecule has 6 heteroatoms. The quantitative estimate of drug-likeness (QED) is 0.921. The summed E-state index contributed by atoms with van der Waals surface area (Å²) in [6.45, 7) is 7.67. The molecule has 1 atom stereocenters. The number of piperazine rings is 1. The van der Waals surface area contributed by atoms with Gasteiger partial charge in [-0.1, -0.05) is 6.42 Å². The van der Waals surface area contributed by atoms with E-state index in [1.54, 1.807) is 11.3 Å². The molecule has 3 rings (SSSR count). The van der Waals surface area contributed by atoms with Crippen molar-refractivity contribution in [3.63, 3.8) is 0 Å². The summed E-state index contributed by atoms with van der Waals surface area (Å²) < 4.78 is 0. The lowest BCUT2D eigenvalue weighted by atomic mass is 10.0. The van der Waals surface area contributed by atoms with Gasteiger partial charge in [0.2, 0.25) is 0 Å². The van der Waals surface area contributed by atoms with Crippen LogP contribution in [0.1, 0.15) is 41.7 Å². The van der Waals surface area contributed by atoms with Gasteiger partial charge in [-0.05, 0) is 26.3 Å². The first kappa shape index (κ1) is 14.9. The molecule has 1 aromatic rings. The van der Waals surface area contributed by atoms with Crippen LogP contribution in [0.5, 0.6) is 0 Å². The molecule has 3 heterocycles. The smallest absolute Gasteiger partial charge is 0.273 e. The predicted molar refractivity (Wildman–Crippen MR) is 84.6 cm³/mol. The van der Waals surface area contributed by atoms with Gasteiger partial charge < -0.3 is 10.2 Å². The summed E-state index contributed by atoms with van der Waals surface area (Å²) >= 11 is 1.62. The molecule has 0 saturated carbocycles. The number of hydrogen-bond acceptors (Lipinski definition) is 5. The van der Waals surface area contributed by atoms with Gasteiger partial charge in [0, 0.05) is 37.6 Å². The zero-order chi connectivity index (χ0) is 14.7. The Balaban J connectivity index is 1.61. The van der Waals surface area contributed by atoms with Crippen LogP contribution in [-0.2, 0) is 6.54 Å². The lowest BCUT2D eigenvalue weighted by molar-refractivity contribution is 0.0730. The third kappa shape index (κ3) is 3.62. The number of carbonyl (C=O) groups is 1. The van der Waals surface area contributed by atoms with E-state index in [2.05, 4.69) is 22.1 Å². The van der Waals surface area contributed by atoms with Crippen LogP contribution in [0.2, 0.25) is 0 Å². The number of amides is 1. The molecular weight excluding hydrogens is 284 g/mol. The molecule has 0 aromatic carbocycles. The van der Waals surface area contributed by atoms with Crippen LogP contribution >= 0.6 is 11.3 Å². The number of rotatable bonds is 3. The minimum absolute atomic E-state index is 0.0886. The summed E-state index contributed by atoms with van der Waals surface area (Å²) in [6.07, 6.45) is 3.89. The van der Waals surface area contributed by atoms with E-state index < -0.39 is 0 Å². The largest absolute Gasteiger partial charge is 0.335 e. The lowest BCUT2D eigenvalue weighted by Gasteiger charge is -2.32. The first-order valence-corrected chi connectivity index (χ1v) is 8.80. The van der Waals surface area contributed by atoms with Gasteiger partial charge in [-0.15, -0.1) is 11.3 Å². The van der Waals surface area contributed by atoms with Crippen molar-refractivity contribution in [2.24, 2.45) is 0 Å². The number of nitrogens with one attached hydrogen (secondary N) is 1. The second-order valence-electron chi connectivity index (χ2n) is 5.98. The summed E-state index contributed by atoms with van der Waals surface area (Å²) in [5.41, 5.74) is 0.626. The Morgan fingerprint density at radius 2 is 2.19 bits per heavy atom. The predicted octanol–water partition coefficient (Wildman–Crippen LogP) is 1.56. The molecule has 2 aliphatic rings. The molecule has 0 bridgehead atoms. The Labute approximate surface area is 130 Å². The topological polar surface area (TPSA) is 48.5 Å². The van der Waals surface area contributed by atoms with Crippen LogP contribution in [0.15, 0.2) is 5.38 Å². The molecule has 1 N–H and O–H groups in total. The van der Waals surface area contributed by atoms with Gasteiger partial charge in [0.25, 0.3) is 5.91 Å². The van der Waals surface area contributed by atoms with Crippen LogP contribution in [0, 0.1) is 0 Å². The van der Waals surface area contributed by atoms with E-state index in [0.717, 1.165) is 44.3 Å². The first-order valence-electron chi connectivity index (χ1n) is 7.92. The van der Waals surface area contributed by atoms with E-state index in [1.165, 1.54) is 19.3 Å². The van der Waals surface area contributed by atoms with Crippen molar-refractivity contribution in [1.82, 2.24) is 20.1 Å². The van der Waals surface area contributed by atoms with Gasteiger partial charge in [0.1, 0.15) is 10.7 Å². The van der Waals surface area contributed by atoms with Gasteiger partial charge in [-0.3, -0.25) is 9.69 Å². The minimum atomic E-state index is 0.0886. The fraction of sp³-hybridized carbons (Fsp3) is 0.733. The molecule has 21 heavy (non-hydrogen) atoms. The van der Waals surface area contributed by atoms with Crippen LogP contribution in [0.3, 0.4) is 0 Å². The van der Waals surface area contributed by atoms with Crippen molar-refractivity contribution in [3.05, 3.63) is 16.1 Å². The Morgan fingerprint density at radius 3 is 2.95 bits per heavy atom. The van der Waals surface area contributed by atoms with Crippen molar-refractivity contribution in [2.45, 2.75) is 38.8 Å². The monoisotopic (exact) mass is 308 g/mol. The molecule has 2 aliphatic heterocycles. The molecule has 1 aromatic heterocycles. The van der Waals surface area contributed by atoms with E-state index in [0.29, 0.717) is 11.7 Å². The highest BCUT2D eigenvalue weighted by molar-refractivity contribution is 7.09. The molecule has 0 radical (unpaired) electrons. The van der Waals surface area contributed by atoms with Crippen LogP contribution in [-0.4, -0.2) is 59.5 Å². The summed E-state index contributed by atoms with van der Waals surface area (Å²) in [6, 6.07) is 0.634. The highest BCUT2D eigenvalue weighted by Gasteiger charge is 2.22. The average Bonchev–Trinajstić information content (AvgIpc) is 2.98. The highest BCUT2D eigenvalue weighted by atomic mass is 32.1. The van der Waals surface area contributed by atoms with Gasteiger partial charge in [-0.2, -0.15) is 0 Å². The molecular formula is C15H24N4OS. The summed E-state index contributed by atoms with van der Waals surface area (Å²) in [5.74, 6) is 0.0886. The molecule has 5 nitrogen and oxygen atoms in total. The van der Waals surface area contributed by atoms with Crippen molar-refractivity contribution >= 4 is 17.2 Å². The van der Waals surface area contributed by atoms with E-state index in [4.69, 9.17) is 0 Å². The number of nitrogens with zero attached hydrogens (tertiary/aromatic N) is 3. The number of thiazole rings is 1. The second kappa shape index (κ2) is 6.85. The number of hydrogen-bond donors (Lipinski definition) is 1. The van der Waals surface area contributed by atoms with Crippen LogP contribution < -0.4 is 5.32 Å². The SMILES string of the molecule is CC1CCCCN1Cc1nc(C(=O)N2CCNCC2)cs1. The number of piperidine rings is 1. The molecule has 116 valence electrons. The summed E-state index contributed by atoms with van der Waals surface area (Å²) in [5, 5.41) is 6.26.